The third-order valence-electron chi connectivity index (χ3n) is 4.36. The molecule has 1 aromatic carbocycles. The number of carbonyl (C=O) groups excluding carboxylic acids is 1. The van der Waals surface area contributed by atoms with Gasteiger partial charge in [0.2, 0.25) is 15.9 Å². The standard InChI is InChI=1S/C17H27N3O3S.ClH/c1-13(2)14-5-3-7-16(11-14)24(22,23)20-10-4-6-15(12-20)17(21)19-9-8-18;/h3,5,7,11,13,15H,4,6,8-10,12,18H2,1-2H3,(H,19,21);1H. The Morgan fingerprint density at radius 2 is 2.12 bits per heavy atom. The maximum absolute atomic E-state index is 12.9. The van der Waals surface area contributed by atoms with E-state index in [4.69, 9.17) is 5.73 Å². The van der Waals surface area contributed by atoms with Gasteiger partial charge >= 0.3 is 0 Å². The summed E-state index contributed by atoms with van der Waals surface area (Å²) in [6.45, 7) is 5.54. The van der Waals surface area contributed by atoms with E-state index in [0.29, 0.717) is 37.4 Å². The van der Waals surface area contributed by atoms with Crippen LogP contribution in [-0.2, 0) is 14.8 Å². The number of hydrogen-bond acceptors (Lipinski definition) is 4. The fourth-order valence-corrected chi connectivity index (χ4v) is 4.48. The van der Waals surface area contributed by atoms with Gasteiger partial charge in [-0.2, -0.15) is 4.31 Å². The highest BCUT2D eigenvalue weighted by atomic mass is 35.5. The van der Waals surface area contributed by atoms with Gasteiger partial charge < -0.3 is 11.1 Å². The van der Waals surface area contributed by atoms with E-state index in [1.165, 1.54) is 4.31 Å². The van der Waals surface area contributed by atoms with Crippen molar-refractivity contribution >= 4 is 28.3 Å². The van der Waals surface area contributed by atoms with Gasteiger partial charge in [-0.05, 0) is 36.5 Å². The number of nitrogens with one attached hydrogen (secondary N) is 1. The molecule has 6 nitrogen and oxygen atoms in total. The molecule has 8 heteroatoms. The fourth-order valence-electron chi connectivity index (χ4n) is 2.90. The Bertz CT molecular complexity index is 679. The Kier molecular flexibility index (Phi) is 8.34. The van der Waals surface area contributed by atoms with Crippen molar-refractivity contribution in [3.05, 3.63) is 29.8 Å². The lowest BCUT2D eigenvalue weighted by Gasteiger charge is -2.31. The first-order valence-corrected chi connectivity index (χ1v) is 9.88. The maximum atomic E-state index is 12.9. The van der Waals surface area contributed by atoms with Crippen LogP contribution in [0, 0.1) is 5.92 Å². The number of rotatable bonds is 6. The minimum absolute atomic E-state index is 0. The minimum Gasteiger partial charge on any atom is -0.355 e. The number of carbonyl (C=O) groups is 1. The van der Waals surface area contributed by atoms with Crippen molar-refractivity contribution in [3.8, 4) is 0 Å². The molecule has 0 aromatic heterocycles. The largest absolute Gasteiger partial charge is 0.355 e. The molecule has 25 heavy (non-hydrogen) atoms. The molecule has 1 amide bonds. The van der Waals surface area contributed by atoms with Gasteiger partial charge in [-0.25, -0.2) is 8.42 Å². The van der Waals surface area contributed by atoms with Gasteiger partial charge in [0.15, 0.2) is 0 Å². The highest BCUT2D eigenvalue weighted by Gasteiger charge is 2.33. The highest BCUT2D eigenvalue weighted by Crippen LogP contribution is 2.26. The molecule has 1 aliphatic rings. The maximum Gasteiger partial charge on any atom is 0.243 e. The molecule has 0 aliphatic carbocycles. The predicted octanol–water partition coefficient (Wildman–Crippen LogP) is 1.71. The van der Waals surface area contributed by atoms with E-state index in [2.05, 4.69) is 5.32 Å². The Hall–Kier alpha value is -1.15. The van der Waals surface area contributed by atoms with Crippen LogP contribution in [0.3, 0.4) is 0 Å². The quantitative estimate of drug-likeness (QED) is 0.774. The molecular formula is C17H28ClN3O3S. The van der Waals surface area contributed by atoms with Gasteiger partial charge in [-0.3, -0.25) is 4.79 Å². The second kappa shape index (κ2) is 9.52. The monoisotopic (exact) mass is 389 g/mol. The first-order valence-electron chi connectivity index (χ1n) is 8.44. The van der Waals surface area contributed by atoms with Gasteiger partial charge in [-0.15, -0.1) is 12.4 Å². The number of nitrogens with two attached hydrogens (primary N) is 1. The average Bonchev–Trinajstić information content (AvgIpc) is 2.59. The molecule has 1 fully saturated rings. The van der Waals surface area contributed by atoms with E-state index in [9.17, 15) is 13.2 Å². The number of amides is 1. The molecule has 1 unspecified atom stereocenters. The lowest BCUT2D eigenvalue weighted by molar-refractivity contribution is -0.126. The number of halogens is 1. The number of sulfonamides is 1. The van der Waals surface area contributed by atoms with Crippen molar-refractivity contribution in [2.75, 3.05) is 26.2 Å². The summed E-state index contributed by atoms with van der Waals surface area (Å²) in [6, 6.07) is 7.07. The van der Waals surface area contributed by atoms with E-state index in [-0.39, 0.29) is 36.7 Å². The molecule has 142 valence electrons. The molecule has 0 spiro atoms. The first-order chi connectivity index (χ1) is 11.4. The molecule has 1 atom stereocenters. The molecule has 3 N–H and O–H groups in total. The number of benzene rings is 1. The lowest BCUT2D eigenvalue weighted by Crippen LogP contribution is -2.46. The van der Waals surface area contributed by atoms with Gasteiger partial charge in [0.1, 0.15) is 0 Å². The van der Waals surface area contributed by atoms with E-state index in [0.717, 1.165) is 5.56 Å². The Morgan fingerprint density at radius 3 is 2.76 bits per heavy atom. The van der Waals surface area contributed by atoms with Crippen LogP contribution < -0.4 is 11.1 Å². The molecule has 0 radical (unpaired) electrons. The number of piperidine rings is 1. The normalized spacial score (nSPS) is 18.6. The van der Waals surface area contributed by atoms with Crippen molar-refractivity contribution < 1.29 is 13.2 Å². The van der Waals surface area contributed by atoms with Crippen LogP contribution in [0.2, 0.25) is 0 Å². The smallest absolute Gasteiger partial charge is 0.243 e. The summed E-state index contributed by atoms with van der Waals surface area (Å²) in [7, 11) is -3.58. The molecule has 0 saturated carbocycles. The molecule has 2 rings (SSSR count). The Balaban J connectivity index is 0.00000312. The van der Waals surface area contributed by atoms with Gasteiger partial charge in [-0.1, -0.05) is 26.0 Å². The third kappa shape index (κ3) is 5.41. The summed E-state index contributed by atoms with van der Waals surface area (Å²) in [4.78, 5) is 12.4. The molecule has 1 aliphatic heterocycles. The third-order valence-corrected chi connectivity index (χ3v) is 6.22. The number of nitrogens with zero attached hydrogens (tertiary/aromatic N) is 1. The van der Waals surface area contributed by atoms with Crippen LogP contribution in [0.5, 0.6) is 0 Å². The first kappa shape index (κ1) is 21.9. The van der Waals surface area contributed by atoms with E-state index in [1.807, 2.05) is 19.9 Å². The van der Waals surface area contributed by atoms with Gasteiger partial charge in [0.25, 0.3) is 0 Å². The molecule has 0 bridgehead atoms. The summed E-state index contributed by atoms with van der Waals surface area (Å²) in [5, 5.41) is 2.75. The van der Waals surface area contributed by atoms with Crippen LogP contribution in [0.25, 0.3) is 0 Å². The topological polar surface area (TPSA) is 92.5 Å². The molecule has 1 aromatic rings. The SMILES string of the molecule is CC(C)c1cccc(S(=O)(=O)N2CCCC(C(=O)NCCN)C2)c1.Cl. The van der Waals surface area contributed by atoms with Crippen molar-refractivity contribution in [3.63, 3.8) is 0 Å². The minimum atomic E-state index is -3.58. The van der Waals surface area contributed by atoms with Crippen molar-refractivity contribution in [2.24, 2.45) is 11.7 Å². The van der Waals surface area contributed by atoms with Crippen molar-refractivity contribution in [1.82, 2.24) is 9.62 Å². The Labute approximate surface area is 156 Å². The van der Waals surface area contributed by atoms with Crippen LogP contribution in [0.15, 0.2) is 29.2 Å². The Morgan fingerprint density at radius 1 is 1.40 bits per heavy atom. The van der Waals surface area contributed by atoms with Crippen LogP contribution in [0.1, 0.15) is 38.2 Å². The van der Waals surface area contributed by atoms with Crippen LogP contribution >= 0.6 is 12.4 Å². The summed E-state index contributed by atoms with van der Waals surface area (Å²) in [5.41, 5.74) is 6.39. The summed E-state index contributed by atoms with van der Waals surface area (Å²) in [6.07, 6.45) is 1.39. The molecule has 1 heterocycles. The number of hydrogen-bond donors (Lipinski definition) is 2. The van der Waals surface area contributed by atoms with Crippen molar-refractivity contribution in [2.45, 2.75) is 37.5 Å². The predicted molar refractivity (Wildman–Crippen MR) is 101 cm³/mol. The summed E-state index contributed by atoms with van der Waals surface area (Å²) >= 11 is 0. The molecule has 1 saturated heterocycles. The lowest BCUT2D eigenvalue weighted by atomic mass is 9.99. The second-order valence-electron chi connectivity index (χ2n) is 6.51. The van der Waals surface area contributed by atoms with Crippen LogP contribution in [0.4, 0.5) is 0 Å². The summed E-state index contributed by atoms with van der Waals surface area (Å²) < 4.78 is 27.3. The molecular weight excluding hydrogens is 362 g/mol. The highest BCUT2D eigenvalue weighted by molar-refractivity contribution is 7.89. The average molecular weight is 390 g/mol. The second-order valence-corrected chi connectivity index (χ2v) is 8.45. The van der Waals surface area contributed by atoms with E-state index >= 15 is 0 Å². The van der Waals surface area contributed by atoms with E-state index < -0.39 is 10.0 Å². The van der Waals surface area contributed by atoms with Gasteiger partial charge in [0.05, 0.1) is 10.8 Å². The summed E-state index contributed by atoms with van der Waals surface area (Å²) in [5.74, 6) is -0.166. The zero-order chi connectivity index (χ0) is 17.7. The van der Waals surface area contributed by atoms with Gasteiger partial charge in [0, 0.05) is 26.2 Å². The zero-order valence-electron chi connectivity index (χ0n) is 14.8. The zero-order valence-corrected chi connectivity index (χ0v) is 16.4. The van der Waals surface area contributed by atoms with Crippen LogP contribution in [-0.4, -0.2) is 44.8 Å². The fraction of sp³-hybridized carbons (Fsp3) is 0.588. The van der Waals surface area contributed by atoms with Crippen molar-refractivity contribution in [1.29, 1.82) is 0 Å². The van der Waals surface area contributed by atoms with E-state index in [1.54, 1.807) is 18.2 Å².